The lowest BCUT2D eigenvalue weighted by atomic mass is 10.1. The Balaban J connectivity index is 1.73. The molecule has 8 heteroatoms. The van der Waals surface area contributed by atoms with Gasteiger partial charge in [0.1, 0.15) is 5.75 Å². The molecular weight excluding hydrogens is 355 g/mol. The molecule has 1 amide bonds. The molecule has 25 heavy (non-hydrogen) atoms. The highest BCUT2D eigenvalue weighted by molar-refractivity contribution is 7.99. The van der Waals surface area contributed by atoms with Crippen molar-refractivity contribution >= 4 is 29.1 Å². The first-order valence-corrected chi connectivity index (χ1v) is 8.27. The fraction of sp³-hybridized carbons (Fsp3) is 0.176. The van der Waals surface area contributed by atoms with Crippen molar-refractivity contribution in [1.82, 2.24) is 0 Å². The number of carbonyl (C=O) groups is 2. The van der Waals surface area contributed by atoms with E-state index in [4.69, 9.17) is 0 Å². The first-order valence-electron chi connectivity index (χ1n) is 7.29. The van der Waals surface area contributed by atoms with Crippen molar-refractivity contribution in [3.63, 3.8) is 0 Å². The highest BCUT2D eigenvalue weighted by Crippen LogP contribution is 2.34. The number of hydrogen-bond acceptors (Lipinski definition) is 4. The number of rotatable bonds is 5. The van der Waals surface area contributed by atoms with Crippen molar-refractivity contribution in [2.75, 3.05) is 17.2 Å². The largest absolute Gasteiger partial charge is 0.573 e. The molecule has 3 rings (SSSR count). The van der Waals surface area contributed by atoms with Crippen LogP contribution in [0, 0.1) is 0 Å². The van der Waals surface area contributed by atoms with Gasteiger partial charge in [-0.3, -0.25) is 9.59 Å². The first-order chi connectivity index (χ1) is 11.8. The Morgan fingerprint density at radius 2 is 1.76 bits per heavy atom. The molecule has 0 fully saturated rings. The molecule has 1 heterocycles. The number of Topliss-reactive ketones (excluding diaryl/α,β-unsaturated/α-hetero) is 1. The Labute approximate surface area is 145 Å². The second-order valence-corrected chi connectivity index (χ2v) is 6.34. The van der Waals surface area contributed by atoms with Crippen LogP contribution in [0.1, 0.15) is 10.4 Å². The SMILES string of the molecule is O=C1C(=O)N(CCSc2ccccc2)c2ccc(OC(F)(F)F)cc21. The van der Waals surface area contributed by atoms with E-state index in [1.807, 2.05) is 30.3 Å². The molecule has 2 aromatic carbocycles. The van der Waals surface area contributed by atoms with Crippen molar-refractivity contribution in [2.24, 2.45) is 0 Å². The van der Waals surface area contributed by atoms with Gasteiger partial charge < -0.3 is 9.64 Å². The van der Waals surface area contributed by atoms with Gasteiger partial charge in [0.2, 0.25) is 0 Å². The Kier molecular flexibility index (Phi) is 4.71. The smallest absolute Gasteiger partial charge is 0.406 e. The summed E-state index contributed by atoms with van der Waals surface area (Å²) in [6, 6.07) is 12.9. The minimum absolute atomic E-state index is 0.0727. The summed E-state index contributed by atoms with van der Waals surface area (Å²) in [5.41, 5.74) is 0.231. The average Bonchev–Trinajstić information content (AvgIpc) is 2.79. The van der Waals surface area contributed by atoms with Crippen LogP contribution in [0.4, 0.5) is 18.9 Å². The summed E-state index contributed by atoms with van der Waals surface area (Å²) in [6.45, 7) is 0.274. The maximum Gasteiger partial charge on any atom is 0.573 e. The van der Waals surface area contributed by atoms with Gasteiger partial charge in [0.25, 0.3) is 11.7 Å². The second-order valence-electron chi connectivity index (χ2n) is 5.17. The first kappa shape index (κ1) is 17.3. The van der Waals surface area contributed by atoms with Crippen molar-refractivity contribution < 1.29 is 27.5 Å². The summed E-state index contributed by atoms with van der Waals surface area (Å²) in [6.07, 6.45) is -4.86. The molecule has 0 radical (unpaired) electrons. The number of ketones is 1. The van der Waals surface area contributed by atoms with Crippen molar-refractivity contribution in [2.45, 2.75) is 11.3 Å². The lowest BCUT2D eigenvalue weighted by Gasteiger charge is -2.16. The van der Waals surface area contributed by atoms with Crippen LogP contribution < -0.4 is 9.64 Å². The molecule has 130 valence electrons. The second kappa shape index (κ2) is 6.79. The minimum atomic E-state index is -4.86. The van der Waals surface area contributed by atoms with Crippen LogP contribution >= 0.6 is 11.8 Å². The number of amides is 1. The van der Waals surface area contributed by atoms with Crippen LogP contribution in [0.5, 0.6) is 5.75 Å². The predicted molar refractivity (Wildman–Crippen MR) is 87.0 cm³/mol. The average molecular weight is 367 g/mol. The van der Waals surface area contributed by atoms with Gasteiger partial charge in [-0.2, -0.15) is 0 Å². The van der Waals surface area contributed by atoms with Crippen LogP contribution in [-0.2, 0) is 4.79 Å². The third-order valence-corrected chi connectivity index (χ3v) is 4.50. The summed E-state index contributed by atoms with van der Waals surface area (Å²) < 4.78 is 40.7. The summed E-state index contributed by atoms with van der Waals surface area (Å²) in [5.74, 6) is -1.54. The number of benzene rings is 2. The molecular formula is C17H12F3NO3S. The molecule has 0 aliphatic carbocycles. The van der Waals surface area contributed by atoms with Crippen LogP contribution in [0.3, 0.4) is 0 Å². The van der Waals surface area contributed by atoms with Gasteiger partial charge in [0, 0.05) is 17.2 Å². The number of anilines is 1. The van der Waals surface area contributed by atoms with Crippen molar-refractivity contribution in [3.05, 3.63) is 54.1 Å². The fourth-order valence-corrected chi connectivity index (χ4v) is 3.33. The molecule has 0 spiro atoms. The fourth-order valence-electron chi connectivity index (χ4n) is 2.47. The molecule has 0 unspecified atom stereocenters. The number of ether oxygens (including phenoxy) is 1. The Bertz CT molecular complexity index is 809. The Morgan fingerprint density at radius 3 is 2.44 bits per heavy atom. The van der Waals surface area contributed by atoms with Gasteiger partial charge in [-0.1, -0.05) is 18.2 Å². The number of halogens is 3. The van der Waals surface area contributed by atoms with Crippen LogP contribution in [-0.4, -0.2) is 30.4 Å². The molecule has 0 saturated carbocycles. The number of fused-ring (bicyclic) bond motifs is 1. The van der Waals surface area contributed by atoms with Crippen LogP contribution in [0.2, 0.25) is 0 Å². The van der Waals surface area contributed by atoms with Crippen molar-refractivity contribution in [3.8, 4) is 5.75 Å². The Morgan fingerprint density at radius 1 is 1.04 bits per heavy atom. The molecule has 0 bridgehead atoms. The van der Waals surface area contributed by atoms with E-state index in [0.717, 1.165) is 17.0 Å². The number of carbonyl (C=O) groups excluding carboxylic acids is 2. The highest BCUT2D eigenvalue weighted by atomic mass is 32.2. The van der Waals surface area contributed by atoms with Crippen LogP contribution in [0.25, 0.3) is 0 Å². The van der Waals surface area contributed by atoms with Gasteiger partial charge in [-0.05, 0) is 30.3 Å². The van der Waals surface area contributed by atoms with E-state index in [1.54, 1.807) is 0 Å². The highest BCUT2D eigenvalue weighted by Gasteiger charge is 2.37. The third-order valence-electron chi connectivity index (χ3n) is 3.50. The van der Waals surface area contributed by atoms with Gasteiger partial charge in [-0.15, -0.1) is 24.9 Å². The van der Waals surface area contributed by atoms with E-state index in [2.05, 4.69) is 4.74 Å². The predicted octanol–water partition coefficient (Wildman–Crippen LogP) is 3.91. The van der Waals surface area contributed by atoms with Gasteiger partial charge in [0.05, 0.1) is 11.3 Å². The number of thioether (sulfide) groups is 1. The molecule has 4 nitrogen and oxygen atoms in total. The molecule has 0 atom stereocenters. The minimum Gasteiger partial charge on any atom is -0.406 e. The normalized spacial score (nSPS) is 14.0. The maximum absolute atomic E-state index is 12.3. The molecule has 1 aliphatic heterocycles. The molecule has 0 saturated heterocycles. The van der Waals surface area contributed by atoms with E-state index in [9.17, 15) is 22.8 Å². The molecule has 0 N–H and O–H groups in total. The quantitative estimate of drug-likeness (QED) is 0.594. The molecule has 2 aromatic rings. The number of alkyl halides is 3. The number of nitrogens with zero attached hydrogens (tertiary/aromatic N) is 1. The molecule has 1 aliphatic rings. The van der Waals surface area contributed by atoms with Crippen molar-refractivity contribution in [1.29, 1.82) is 0 Å². The van der Waals surface area contributed by atoms with Gasteiger partial charge in [-0.25, -0.2) is 0 Å². The topological polar surface area (TPSA) is 46.6 Å². The van der Waals surface area contributed by atoms with E-state index in [0.29, 0.717) is 11.4 Å². The lowest BCUT2D eigenvalue weighted by molar-refractivity contribution is -0.274. The zero-order valence-corrected chi connectivity index (χ0v) is 13.6. The maximum atomic E-state index is 12.3. The molecule has 0 aromatic heterocycles. The zero-order chi connectivity index (χ0) is 18.0. The third kappa shape index (κ3) is 3.96. The lowest BCUT2D eigenvalue weighted by Crippen LogP contribution is -2.31. The summed E-state index contributed by atoms with van der Waals surface area (Å²) >= 11 is 1.52. The van der Waals surface area contributed by atoms with Gasteiger partial charge in [0.15, 0.2) is 0 Å². The standard InChI is InChI=1S/C17H12F3NO3S/c18-17(19,20)24-11-6-7-14-13(10-11)15(22)16(23)21(14)8-9-25-12-4-2-1-3-5-12/h1-7,10H,8-9H2. The summed E-state index contributed by atoms with van der Waals surface area (Å²) in [5, 5.41) is 0. The monoisotopic (exact) mass is 367 g/mol. The Hall–Kier alpha value is -2.48. The van der Waals surface area contributed by atoms with E-state index < -0.39 is 23.8 Å². The van der Waals surface area contributed by atoms with Crippen LogP contribution in [0.15, 0.2) is 53.4 Å². The van der Waals surface area contributed by atoms with E-state index in [-0.39, 0.29) is 12.1 Å². The summed E-state index contributed by atoms with van der Waals surface area (Å²) in [4.78, 5) is 26.4. The number of hydrogen-bond donors (Lipinski definition) is 0. The summed E-state index contributed by atoms with van der Waals surface area (Å²) in [7, 11) is 0. The zero-order valence-electron chi connectivity index (χ0n) is 12.7. The van der Waals surface area contributed by atoms with Gasteiger partial charge >= 0.3 is 6.36 Å². The van der Waals surface area contributed by atoms with E-state index >= 15 is 0 Å². The van der Waals surface area contributed by atoms with E-state index in [1.165, 1.54) is 22.7 Å².